The van der Waals surface area contributed by atoms with Crippen LogP contribution in [0.25, 0.3) is 10.9 Å². The number of halogens is 3. The van der Waals surface area contributed by atoms with Gasteiger partial charge in [-0.15, -0.1) is 0 Å². The lowest BCUT2D eigenvalue weighted by atomic mass is 9.86. The van der Waals surface area contributed by atoms with Crippen molar-refractivity contribution in [3.8, 4) is 11.5 Å². The van der Waals surface area contributed by atoms with Gasteiger partial charge in [-0.25, -0.2) is 14.4 Å². The minimum atomic E-state index is -0.655. The highest BCUT2D eigenvalue weighted by atomic mass is 35.5. The van der Waals surface area contributed by atoms with Gasteiger partial charge in [-0.1, -0.05) is 29.3 Å². The molecule has 3 unspecified atom stereocenters. The zero-order valence-corrected chi connectivity index (χ0v) is 31.5. The molecule has 1 aromatic heterocycles. The molecule has 3 atom stereocenters. The smallest absolute Gasteiger partial charge is 0.243 e. The molecule has 1 saturated carbocycles. The standard InChI is InChI=1S/C40H42Cl2FN7O4/c1-53-34-15-32-29(39(45-21-44-32)46-31-9-8-30(41)37(42)38(31)43)14-35(34)54-28-6-2-22(3-7-28)16-48-19-27-13-26(48)20-50(27)25-5-4-23-17-49(18-24(23)12-25)33-10-11-36(51)47-40(33)52/h4-5,8-9,12,14-15,21-22,26-28,33H,2-3,6-7,10-11,13,16-20H2,1H3,(H,44,45,46)(H,47,51,52). The number of fused-ring (bicyclic) bond motifs is 4. The number of hydrogen-bond acceptors (Lipinski definition) is 10. The third-order valence-corrected chi connectivity index (χ3v) is 12.8. The van der Waals surface area contributed by atoms with Gasteiger partial charge in [0.1, 0.15) is 12.1 Å². The zero-order valence-electron chi connectivity index (χ0n) is 30.0. The van der Waals surface area contributed by atoms with Crippen LogP contribution >= 0.6 is 23.2 Å². The number of piperidine rings is 1. The molecular weight excluding hydrogens is 732 g/mol. The van der Waals surface area contributed by atoms with E-state index in [4.69, 9.17) is 32.7 Å². The maximum atomic E-state index is 14.9. The molecule has 5 aliphatic rings. The maximum Gasteiger partial charge on any atom is 0.243 e. The number of methoxy groups -OCH3 is 1. The van der Waals surface area contributed by atoms with Crippen molar-refractivity contribution < 1.29 is 23.5 Å². The number of aromatic nitrogens is 2. The largest absolute Gasteiger partial charge is 0.493 e. The lowest BCUT2D eigenvalue weighted by molar-refractivity contribution is -0.137. The zero-order chi connectivity index (χ0) is 37.1. The molecule has 1 aliphatic carbocycles. The number of rotatable bonds is 9. The molecule has 54 heavy (non-hydrogen) atoms. The van der Waals surface area contributed by atoms with Crippen LogP contribution < -0.4 is 25.0 Å². The van der Waals surface area contributed by atoms with Crippen molar-refractivity contribution in [2.24, 2.45) is 5.92 Å². The van der Waals surface area contributed by atoms with Crippen molar-refractivity contribution in [3.05, 3.63) is 75.8 Å². The molecule has 4 fully saturated rings. The van der Waals surface area contributed by atoms with E-state index >= 15 is 0 Å². The summed E-state index contributed by atoms with van der Waals surface area (Å²) in [5, 5.41) is 6.20. The van der Waals surface area contributed by atoms with Crippen LogP contribution in [0.5, 0.6) is 11.5 Å². The topological polar surface area (TPSA) is 112 Å². The number of piperazine rings is 1. The molecular formula is C40H42Cl2FN7O4. The van der Waals surface area contributed by atoms with E-state index in [1.165, 1.54) is 41.7 Å². The first kappa shape index (κ1) is 35.5. The van der Waals surface area contributed by atoms with Crippen LogP contribution in [0.4, 0.5) is 21.6 Å². The summed E-state index contributed by atoms with van der Waals surface area (Å²) in [6.07, 6.45) is 7.76. The van der Waals surface area contributed by atoms with Crippen LogP contribution in [-0.4, -0.2) is 82.6 Å². The van der Waals surface area contributed by atoms with Crippen LogP contribution in [0.2, 0.25) is 10.0 Å². The number of benzene rings is 3. The highest BCUT2D eigenvalue weighted by Gasteiger charge is 2.44. The third kappa shape index (κ3) is 6.71. The average molecular weight is 775 g/mol. The molecule has 2 N–H and O–H groups in total. The second-order valence-corrected chi connectivity index (χ2v) is 16.1. The van der Waals surface area contributed by atoms with Gasteiger partial charge in [0.15, 0.2) is 17.3 Å². The van der Waals surface area contributed by atoms with Gasteiger partial charge in [0.2, 0.25) is 11.8 Å². The molecule has 2 amide bonds. The fourth-order valence-electron chi connectivity index (χ4n) is 9.23. The molecule has 3 saturated heterocycles. The van der Waals surface area contributed by atoms with E-state index in [0.29, 0.717) is 59.1 Å². The van der Waals surface area contributed by atoms with E-state index in [0.717, 1.165) is 58.4 Å². The monoisotopic (exact) mass is 773 g/mol. The van der Waals surface area contributed by atoms with Crippen LogP contribution in [0, 0.1) is 11.7 Å². The Kier molecular flexibility index (Phi) is 9.49. The Morgan fingerprint density at radius 1 is 0.944 bits per heavy atom. The summed E-state index contributed by atoms with van der Waals surface area (Å²) in [5.41, 5.74) is 4.64. The van der Waals surface area contributed by atoms with Gasteiger partial charge in [-0.3, -0.25) is 24.7 Å². The summed E-state index contributed by atoms with van der Waals surface area (Å²) in [7, 11) is 1.61. The lowest BCUT2D eigenvalue weighted by Gasteiger charge is -2.38. The summed E-state index contributed by atoms with van der Waals surface area (Å²) in [6, 6.07) is 14.4. The first-order valence-electron chi connectivity index (χ1n) is 18.8. The number of nitrogens with one attached hydrogen (secondary N) is 2. The summed E-state index contributed by atoms with van der Waals surface area (Å²) in [4.78, 5) is 40.4. The summed E-state index contributed by atoms with van der Waals surface area (Å²) < 4.78 is 27.2. The van der Waals surface area contributed by atoms with Crippen molar-refractivity contribution in [3.63, 3.8) is 0 Å². The number of imide groups is 1. The highest BCUT2D eigenvalue weighted by molar-refractivity contribution is 6.42. The normalized spacial score (nSPS) is 25.6. The second kappa shape index (κ2) is 14.4. The van der Waals surface area contributed by atoms with E-state index < -0.39 is 5.82 Å². The number of ether oxygens (including phenoxy) is 2. The number of hydrogen-bond donors (Lipinski definition) is 2. The predicted octanol–water partition coefficient (Wildman–Crippen LogP) is 6.85. The van der Waals surface area contributed by atoms with Gasteiger partial charge in [-0.05, 0) is 85.9 Å². The van der Waals surface area contributed by atoms with Crippen molar-refractivity contribution >= 4 is 63.1 Å². The molecule has 282 valence electrons. The van der Waals surface area contributed by atoms with E-state index in [9.17, 15) is 14.0 Å². The fourth-order valence-corrected chi connectivity index (χ4v) is 9.55. The molecule has 2 bridgehead atoms. The molecule has 4 aromatic rings. The van der Waals surface area contributed by atoms with Crippen LogP contribution in [-0.2, 0) is 22.7 Å². The molecule has 3 aromatic carbocycles. The number of nitrogens with zero attached hydrogens (tertiary/aromatic N) is 5. The SMILES string of the molecule is COc1cc2ncnc(Nc3ccc(Cl)c(Cl)c3F)c2cc1OC1CCC(CN2CC3CC2CN3c2ccc3c(c2)CN(C2CCC(=O)NC2=O)C3)CC1. The first-order valence-corrected chi connectivity index (χ1v) is 19.6. The van der Waals surface area contributed by atoms with Gasteiger partial charge < -0.3 is 19.7 Å². The van der Waals surface area contributed by atoms with E-state index in [1.807, 2.05) is 12.1 Å². The summed E-state index contributed by atoms with van der Waals surface area (Å²) in [5.74, 6) is 1.24. The first-order chi connectivity index (χ1) is 26.2. The van der Waals surface area contributed by atoms with Crippen LogP contribution in [0.3, 0.4) is 0 Å². The maximum absolute atomic E-state index is 14.9. The average Bonchev–Trinajstić information content (AvgIpc) is 3.90. The summed E-state index contributed by atoms with van der Waals surface area (Å²) in [6.45, 7) is 4.74. The van der Waals surface area contributed by atoms with Gasteiger partial charge in [0, 0.05) is 68.4 Å². The lowest BCUT2D eigenvalue weighted by Crippen LogP contribution is -2.50. The Hall–Kier alpha value is -4.23. The molecule has 9 rings (SSSR count). The minimum absolute atomic E-state index is 0.0531. The van der Waals surface area contributed by atoms with Gasteiger partial charge in [-0.2, -0.15) is 0 Å². The summed E-state index contributed by atoms with van der Waals surface area (Å²) >= 11 is 12.0. The van der Waals surface area contributed by atoms with Gasteiger partial charge >= 0.3 is 0 Å². The Labute approximate surface area is 323 Å². The van der Waals surface area contributed by atoms with E-state index in [-0.39, 0.29) is 39.7 Å². The molecule has 0 spiro atoms. The van der Waals surface area contributed by atoms with Gasteiger partial charge in [0.25, 0.3) is 0 Å². The van der Waals surface area contributed by atoms with Crippen LogP contribution in [0.15, 0.2) is 48.8 Å². The highest BCUT2D eigenvalue weighted by Crippen LogP contribution is 2.41. The van der Waals surface area contributed by atoms with E-state index in [1.54, 1.807) is 7.11 Å². The Bertz CT molecular complexity index is 2130. The Balaban J connectivity index is 0.795. The number of amides is 2. The van der Waals surface area contributed by atoms with Crippen molar-refractivity contribution in [1.82, 2.24) is 25.1 Å². The molecule has 14 heteroatoms. The van der Waals surface area contributed by atoms with Crippen molar-refractivity contribution in [2.45, 2.75) is 82.3 Å². The van der Waals surface area contributed by atoms with Crippen molar-refractivity contribution in [1.29, 1.82) is 0 Å². The Morgan fingerprint density at radius 3 is 2.56 bits per heavy atom. The number of likely N-dealkylation sites (tertiary alicyclic amines) is 1. The molecule has 11 nitrogen and oxygen atoms in total. The molecule has 5 heterocycles. The van der Waals surface area contributed by atoms with Crippen molar-refractivity contribution in [2.75, 3.05) is 37.0 Å². The predicted molar refractivity (Wildman–Crippen MR) is 205 cm³/mol. The Morgan fingerprint density at radius 2 is 1.78 bits per heavy atom. The number of carbonyl (C=O) groups is 2. The van der Waals surface area contributed by atoms with Gasteiger partial charge in [0.05, 0.1) is 40.5 Å². The minimum Gasteiger partial charge on any atom is -0.493 e. The number of carbonyl (C=O) groups excluding carboxylic acids is 2. The second-order valence-electron chi connectivity index (χ2n) is 15.3. The van der Waals surface area contributed by atoms with Crippen LogP contribution in [0.1, 0.15) is 56.1 Å². The number of anilines is 3. The molecule has 4 aliphatic heterocycles. The fraction of sp³-hybridized carbons (Fsp3) is 0.450. The third-order valence-electron chi connectivity index (χ3n) is 12.1. The molecule has 0 radical (unpaired) electrons. The quantitative estimate of drug-likeness (QED) is 0.138. The van der Waals surface area contributed by atoms with E-state index in [2.05, 4.69) is 53.5 Å².